The number of rotatable bonds is 5. The van der Waals surface area contributed by atoms with Crippen molar-refractivity contribution in [1.82, 2.24) is 5.32 Å². The average molecular weight is 810 g/mol. The Balaban J connectivity index is 0.949. The van der Waals surface area contributed by atoms with E-state index in [1.165, 1.54) is 63.6 Å². The van der Waals surface area contributed by atoms with Crippen molar-refractivity contribution in [3.8, 4) is 22.3 Å². The van der Waals surface area contributed by atoms with Crippen LogP contribution in [0.1, 0.15) is 22.9 Å². The van der Waals surface area contributed by atoms with E-state index in [4.69, 9.17) is 14.4 Å². The van der Waals surface area contributed by atoms with Gasteiger partial charge in [0.1, 0.15) is 23.2 Å². The highest BCUT2D eigenvalue weighted by Crippen LogP contribution is 2.43. The predicted molar refractivity (Wildman–Crippen MR) is 262 cm³/mol. The van der Waals surface area contributed by atoms with Crippen LogP contribution in [0.3, 0.4) is 0 Å². The zero-order chi connectivity index (χ0) is 40.7. The molecule has 12 aromatic rings. The summed E-state index contributed by atoms with van der Waals surface area (Å²) in [4.78, 5) is 10.3. The molecule has 4 nitrogen and oxygen atoms in total. The van der Waals surface area contributed by atoms with Crippen molar-refractivity contribution in [3.63, 3.8) is 0 Å². The highest BCUT2D eigenvalue weighted by molar-refractivity contribution is 7.25. The molecule has 290 valence electrons. The number of furan rings is 1. The minimum atomic E-state index is -0.305. The summed E-state index contributed by atoms with van der Waals surface area (Å²) in [5, 5.41) is 16.1. The molecule has 0 saturated heterocycles. The lowest BCUT2D eigenvalue weighted by Gasteiger charge is -2.24. The Morgan fingerprint density at radius 1 is 0.403 bits per heavy atom. The first kappa shape index (κ1) is 34.9. The SMILES string of the molecule is c1ccc(C2=NC(c3ccccc3)NC(c3cc(-c4ccc5sc6cc(-c7ccc8c9ccccc9c9ccccc9c8c7)ccc6c5c4)c4c(c3)oc3ccccc34)=N2)cc1. The second-order valence-corrected chi connectivity index (χ2v) is 17.2. The molecule has 0 aliphatic carbocycles. The minimum Gasteiger partial charge on any atom is -0.456 e. The Morgan fingerprint density at radius 2 is 1.00 bits per heavy atom. The molecule has 0 radical (unpaired) electrons. The third kappa shape index (κ3) is 5.59. The highest BCUT2D eigenvalue weighted by Gasteiger charge is 2.24. The van der Waals surface area contributed by atoms with Gasteiger partial charge in [0.15, 0.2) is 5.84 Å². The molecule has 1 aliphatic rings. The van der Waals surface area contributed by atoms with Crippen LogP contribution in [0.5, 0.6) is 0 Å². The maximum absolute atomic E-state index is 6.63. The summed E-state index contributed by atoms with van der Waals surface area (Å²) in [7, 11) is 0. The van der Waals surface area contributed by atoms with E-state index in [9.17, 15) is 0 Å². The molecule has 1 N–H and O–H groups in total. The largest absolute Gasteiger partial charge is 0.456 e. The first-order chi connectivity index (χ1) is 30.7. The number of amidine groups is 2. The molecule has 0 saturated carbocycles. The topological polar surface area (TPSA) is 49.9 Å². The van der Waals surface area contributed by atoms with Crippen molar-refractivity contribution in [3.05, 3.63) is 217 Å². The van der Waals surface area contributed by atoms with E-state index in [0.29, 0.717) is 5.84 Å². The Labute approximate surface area is 360 Å². The van der Waals surface area contributed by atoms with Crippen LogP contribution in [-0.4, -0.2) is 11.7 Å². The van der Waals surface area contributed by atoms with Gasteiger partial charge in [-0.1, -0.05) is 158 Å². The van der Waals surface area contributed by atoms with Gasteiger partial charge >= 0.3 is 0 Å². The van der Waals surface area contributed by atoms with E-state index >= 15 is 0 Å². The van der Waals surface area contributed by atoms with Crippen LogP contribution in [0.25, 0.3) is 96.7 Å². The van der Waals surface area contributed by atoms with E-state index in [0.717, 1.165) is 55.6 Å². The molecule has 62 heavy (non-hydrogen) atoms. The molecular formula is C57H35N3OS. The first-order valence-corrected chi connectivity index (χ1v) is 21.8. The van der Waals surface area contributed by atoms with Crippen LogP contribution < -0.4 is 5.32 Å². The van der Waals surface area contributed by atoms with Gasteiger partial charge in [-0.05, 0) is 103 Å². The molecule has 0 bridgehead atoms. The monoisotopic (exact) mass is 809 g/mol. The number of benzene rings is 10. The molecule has 0 spiro atoms. The van der Waals surface area contributed by atoms with Crippen LogP contribution in [-0.2, 0) is 0 Å². The van der Waals surface area contributed by atoms with Crippen molar-refractivity contribution < 1.29 is 4.42 Å². The van der Waals surface area contributed by atoms with E-state index < -0.39 is 0 Å². The lowest BCUT2D eigenvalue weighted by atomic mass is 9.92. The number of nitrogens with one attached hydrogen (secondary N) is 1. The normalized spacial score (nSPS) is 14.3. The van der Waals surface area contributed by atoms with Crippen LogP contribution in [0.4, 0.5) is 0 Å². The summed E-state index contributed by atoms with van der Waals surface area (Å²) in [5.41, 5.74) is 9.32. The van der Waals surface area contributed by atoms with Crippen molar-refractivity contribution in [2.75, 3.05) is 0 Å². The van der Waals surface area contributed by atoms with Crippen molar-refractivity contribution in [2.45, 2.75) is 6.17 Å². The molecule has 1 atom stereocenters. The summed E-state index contributed by atoms with van der Waals surface area (Å²) in [6, 6.07) is 71.7. The Kier molecular flexibility index (Phi) is 7.81. The zero-order valence-corrected chi connectivity index (χ0v) is 34.2. The first-order valence-electron chi connectivity index (χ1n) is 21.0. The highest BCUT2D eigenvalue weighted by atomic mass is 32.1. The predicted octanol–water partition coefficient (Wildman–Crippen LogP) is 15.2. The minimum absolute atomic E-state index is 0.305. The van der Waals surface area contributed by atoms with Gasteiger partial charge in [-0.2, -0.15) is 0 Å². The standard InChI is InChI=1S/C57H35N3OS/c1-3-13-34(14-4-1)55-58-56(35-15-5-2-6-16-35)60-57(59-55)39-31-47(54-46-21-11-12-22-50(46)61-51(54)32-39)38-25-28-52-49(30-38)45-27-24-37(33-53(45)62-52)36-23-26-44-42-19-8-7-17-40(42)41-18-9-10-20-43(41)48(44)29-36/h1-33,55H,(H,58,59,60). The van der Waals surface area contributed by atoms with Crippen molar-refractivity contribution in [2.24, 2.45) is 9.98 Å². The molecule has 1 unspecified atom stereocenters. The number of para-hydroxylation sites is 1. The molecule has 10 aromatic carbocycles. The maximum atomic E-state index is 6.63. The lowest BCUT2D eigenvalue weighted by Crippen LogP contribution is -2.33. The van der Waals surface area contributed by atoms with Gasteiger partial charge in [0.2, 0.25) is 0 Å². The fourth-order valence-corrected chi connectivity index (χ4v) is 10.7. The number of hydrogen-bond acceptors (Lipinski definition) is 5. The van der Waals surface area contributed by atoms with Crippen molar-refractivity contribution >= 4 is 97.4 Å². The van der Waals surface area contributed by atoms with Crippen LogP contribution in [0.2, 0.25) is 0 Å². The van der Waals surface area contributed by atoms with E-state index in [-0.39, 0.29) is 6.17 Å². The number of aliphatic imine (C=N–C) groups is 2. The molecule has 2 aromatic heterocycles. The Morgan fingerprint density at radius 3 is 1.76 bits per heavy atom. The van der Waals surface area contributed by atoms with Crippen molar-refractivity contribution in [1.29, 1.82) is 0 Å². The van der Waals surface area contributed by atoms with Crippen LogP contribution in [0.15, 0.2) is 215 Å². The van der Waals surface area contributed by atoms with Gasteiger partial charge in [0.05, 0.1) is 0 Å². The molecule has 5 heteroatoms. The van der Waals surface area contributed by atoms with Crippen LogP contribution >= 0.6 is 11.3 Å². The third-order valence-electron chi connectivity index (χ3n) is 12.5. The van der Waals surface area contributed by atoms with Gasteiger partial charge in [-0.3, -0.25) is 0 Å². The lowest BCUT2D eigenvalue weighted by molar-refractivity contribution is 0.666. The summed E-state index contributed by atoms with van der Waals surface area (Å²) in [5.74, 6) is 1.44. The molecule has 0 amide bonds. The van der Waals surface area contributed by atoms with Gasteiger partial charge in [-0.25, -0.2) is 9.98 Å². The molecule has 0 fully saturated rings. The molecule has 3 heterocycles. The van der Waals surface area contributed by atoms with E-state index in [1.807, 2.05) is 47.7 Å². The third-order valence-corrected chi connectivity index (χ3v) is 13.6. The number of fused-ring (bicyclic) bond motifs is 12. The summed E-state index contributed by atoms with van der Waals surface area (Å²) in [6.45, 7) is 0. The van der Waals surface area contributed by atoms with Gasteiger partial charge in [0, 0.05) is 42.1 Å². The second kappa shape index (κ2) is 13.8. The fraction of sp³-hybridized carbons (Fsp3) is 0.0175. The summed E-state index contributed by atoms with van der Waals surface area (Å²) in [6.07, 6.45) is -0.305. The van der Waals surface area contributed by atoms with Gasteiger partial charge in [0.25, 0.3) is 0 Å². The second-order valence-electron chi connectivity index (χ2n) is 16.1. The quantitative estimate of drug-likeness (QED) is 0.176. The summed E-state index contributed by atoms with van der Waals surface area (Å²) < 4.78 is 9.16. The Bertz CT molecular complexity index is 3810. The van der Waals surface area contributed by atoms with Gasteiger partial charge < -0.3 is 9.73 Å². The fourth-order valence-electron chi connectivity index (χ4n) is 9.55. The van der Waals surface area contributed by atoms with E-state index in [2.05, 4.69) is 169 Å². The Hall–Kier alpha value is -7.86. The average Bonchev–Trinajstić information content (AvgIpc) is 3.92. The maximum Gasteiger partial charge on any atom is 0.159 e. The zero-order valence-electron chi connectivity index (χ0n) is 33.3. The smallest absolute Gasteiger partial charge is 0.159 e. The molecular weight excluding hydrogens is 775 g/mol. The number of nitrogens with zero attached hydrogens (tertiary/aromatic N) is 2. The van der Waals surface area contributed by atoms with Gasteiger partial charge in [-0.15, -0.1) is 11.3 Å². The number of thiophene rings is 1. The van der Waals surface area contributed by atoms with Crippen LogP contribution in [0, 0.1) is 0 Å². The summed E-state index contributed by atoms with van der Waals surface area (Å²) >= 11 is 1.85. The van der Waals surface area contributed by atoms with E-state index in [1.54, 1.807) is 0 Å². The number of hydrogen-bond donors (Lipinski definition) is 1. The molecule has 1 aliphatic heterocycles. The molecule has 13 rings (SSSR count).